The lowest BCUT2D eigenvalue weighted by molar-refractivity contribution is -0.142. The summed E-state index contributed by atoms with van der Waals surface area (Å²) in [5, 5.41) is 0. The summed E-state index contributed by atoms with van der Waals surface area (Å²) in [6.45, 7) is 7.71. The lowest BCUT2D eigenvalue weighted by Gasteiger charge is -2.30. The maximum Gasteiger partial charge on any atom is 0.242 e. The van der Waals surface area contributed by atoms with E-state index in [-0.39, 0.29) is 24.4 Å². The van der Waals surface area contributed by atoms with Crippen molar-refractivity contribution in [1.29, 1.82) is 0 Å². The van der Waals surface area contributed by atoms with E-state index in [9.17, 15) is 9.59 Å². The highest BCUT2D eigenvalue weighted by Gasteiger charge is 2.23. The first-order valence-electron chi connectivity index (χ1n) is 10.1. The number of unbranched alkanes of at least 4 members (excludes halogenated alkanes) is 3. The molecule has 2 amide bonds. The van der Waals surface area contributed by atoms with Crippen LogP contribution in [0.5, 0.6) is 0 Å². The van der Waals surface area contributed by atoms with E-state index in [1.54, 1.807) is 16.9 Å². The van der Waals surface area contributed by atoms with Crippen LogP contribution >= 0.6 is 0 Å². The van der Waals surface area contributed by atoms with Crippen molar-refractivity contribution in [2.45, 2.75) is 65.5 Å². The van der Waals surface area contributed by atoms with Gasteiger partial charge in [-0.2, -0.15) is 0 Å². The van der Waals surface area contributed by atoms with Crippen LogP contribution in [0.15, 0.2) is 18.3 Å². The van der Waals surface area contributed by atoms with Crippen LogP contribution in [0, 0.1) is 0 Å². The summed E-state index contributed by atoms with van der Waals surface area (Å²) in [5.41, 5.74) is 1.06. The Labute approximate surface area is 164 Å². The lowest BCUT2D eigenvalue weighted by atomic mass is 10.1. The van der Waals surface area contributed by atoms with Gasteiger partial charge in [0.05, 0.1) is 19.7 Å². The Balaban J connectivity index is 2.73. The molecule has 6 nitrogen and oxygen atoms in total. The molecule has 0 spiro atoms. The Morgan fingerprint density at radius 1 is 1.19 bits per heavy atom. The maximum absolute atomic E-state index is 12.9. The number of methoxy groups -OCH3 is 1. The van der Waals surface area contributed by atoms with Crippen molar-refractivity contribution in [3.8, 4) is 0 Å². The first-order chi connectivity index (χ1) is 12.9. The maximum atomic E-state index is 12.9. The highest BCUT2D eigenvalue weighted by atomic mass is 16.5. The van der Waals surface area contributed by atoms with E-state index in [1.807, 2.05) is 43.8 Å². The van der Waals surface area contributed by atoms with E-state index in [4.69, 9.17) is 4.74 Å². The van der Waals surface area contributed by atoms with E-state index < -0.39 is 0 Å². The predicted molar refractivity (Wildman–Crippen MR) is 108 cm³/mol. The molecule has 0 aliphatic rings. The molecule has 27 heavy (non-hydrogen) atoms. The van der Waals surface area contributed by atoms with Crippen LogP contribution in [0.2, 0.25) is 0 Å². The van der Waals surface area contributed by atoms with Gasteiger partial charge in [0.25, 0.3) is 0 Å². The molecule has 0 bridgehead atoms. The molecule has 0 atom stereocenters. The van der Waals surface area contributed by atoms with E-state index >= 15 is 0 Å². The second-order valence-electron chi connectivity index (χ2n) is 7.34. The van der Waals surface area contributed by atoms with Crippen LogP contribution in [0.1, 0.15) is 58.6 Å². The normalized spacial score (nSPS) is 11.0. The van der Waals surface area contributed by atoms with Gasteiger partial charge in [0.2, 0.25) is 11.8 Å². The molecule has 0 N–H and O–H groups in total. The second-order valence-corrected chi connectivity index (χ2v) is 7.34. The van der Waals surface area contributed by atoms with Crippen molar-refractivity contribution in [1.82, 2.24) is 14.4 Å². The predicted octanol–water partition coefficient (Wildman–Crippen LogP) is 3.21. The Morgan fingerprint density at radius 3 is 2.48 bits per heavy atom. The summed E-state index contributed by atoms with van der Waals surface area (Å²) in [5.74, 6) is 0.0314. The third kappa shape index (κ3) is 8.16. The van der Waals surface area contributed by atoms with Gasteiger partial charge >= 0.3 is 0 Å². The first-order valence-corrected chi connectivity index (χ1v) is 10.1. The minimum Gasteiger partial charge on any atom is -0.383 e. The zero-order chi connectivity index (χ0) is 20.2. The van der Waals surface area contributed by atoms with E-state index in [0.717, 1.165) is 31.4 Å². The van der Waals surface area contributed by atoms with Crippen LogP contribution in [0.3, 0.4) is 0 Å². The number of hydrogen-bond acceptors (Lipinski definition) is 3. The number of nitrogens with zero attached hydrogens (tertiary/aromatic N) is 3. The Bertz CT molecular complexity index is 569. The largest absolute Gasteiger partial charge is 0.383 e. The lowest BCUT2D eigenvalue weighted by Crippen LogP contribution is -2.46. The molecule has 0 fully saturated rings. The van der Waals surface area contributed by atoms with Gasteiger partial charge in [0.15, 0.2) is 0 Å². The van der Waals surface area contributed by atoms with Gasteiger partial charge in [-0.15, -0.1) is 0 Å². The number of carbonyl (C=O) groups is 2. The fourth-order valence-corrected chi connectivity index (χ4v) is 3.00. The summed E-state index contributed by atoms with van der Waals surface area (Å²) in [6, 6.07) is 3.98. The van der Waals surface area contributed by atoms with Crippen LogP contribution in [-0.2, 0) is 27.9 Å². The number of carbonyl (C=O) groups excluding carboxylic acids is 2. The Kier molecular flexibility index (Phi) is 10.8. The van der Waals surface area contributed by atoms with Gasteiger partial charge in [-0.3, -0.25) is 9.59 Å². The molecule has 1 aromatic heterocycles. The van der Waals surface area contributed by atoms with Gasteiger partial charge in [-0.1, -0.05) is 26.2 Å². The number of amides is 2. The Hall–Kier alpha value is -1.82. The molecule has 1 aromatic rings. The molecule has 0 saturated carbocycles. The average Bonchev–Trinajstić information content (AvgIpc) is 3.04. The average molecular weight is 380 g/mol. The number of rotatable bonds is 13. The summed E-state index contributed by atoms with van der Waals surface area (Å²) in [6.07, 6.45) is 6.73. The van der Waals surface area contributed by atoms with E-state index in [1.165, 1.54) is 0 Å². The molecule has 1 rings (SSSR count). The zero-order valence-electron chi connectivity index (χ0n) is 17.7. The number of hydrogen-bond donors (Lipinski definition) is 0. The van der Waals surface area contributed by atoms with Crippen LogP contribution < -0.4 is 0 Å². The molecule has 0 radical (unpaired) electrons. The van der Waals surface area contributed by atoms with Crippen molar-refractivity contribution >= 4 is 11.8 Å². The summed E-state index contributed by atoms with van der Waals surface area (Å²) in [7, 11) is 3.60. The highest BCUT2D eigenvalue weighted by molar-refractivity contribution is 5.85. The molecule has 154 valence electrons. The molecule has 0 unspecified atom stereocenters. The first kappa shape index (κ1) is 23.2. The Morgan fingerprint density at radius 2 is 1.93 bits per heavy atom. The van der Waals surface area contributed by atoms with Crippen LogP contribution in [-0.4, -0.2) is 59.0 Å². The molecule has 0 aliphatic carbocycles. The van der Waals surface area contributed by atoms with E-state index in [2.05, 4.69) is 6.92 Å². The SMILES string of the molecule is CCCCCCC(=O)N(CC(=O)N(CCOC)Cc1cccn1C)C(C)C. The minimum absolute atomic E-state index is 0.00642. The molecule has 1 heterocycles. The molecule has 0 aliphatic heterocycles. The number of aromatic nitrogens is 1. The van der Waals surface area contributed by atoms with Crippen molar-refractivity contribution in [2.24, 2.45) is 7.05 Å². The molecular weight excluding hydrogens is 342 g/mol. The quantitative estimate of drug-likeness (QED) is 0.495. The molecule has 0 aromatic carbocycles. The smallest absolute Gasteiger partial charge is 0.242 e. The topological polar surface area (TPSA) is 54.8 Å². The summed E-state index contributed by atoms with van der Waals surface area (Å²) >= 11 is 0. The number of aryl methyl sites for hydroxylation is 1. The van der Waals surface area contributed by atoms with E-state index in [0.29, 0.717) is 26.1 Å². The van der Waals surface area contributed by atoms with Crippen molar-refractivity contribution in [3.63, 3.8) is 0 Å². The fraction of sp³-hybridized carbons (Fsp3) is 0.714. The standard InChI is InChI=1S/C21H37N3O3/c1-6-7-8-9-12-20(25)24(18(2)3)17-21(26)23(14-15-27-5)16-19-11-10-13-22(19)4/h10-11,13,18H,6-9,12,14-17H2,1-5H3. The van der Waals surface area contributed by atoms with Gasteiger partial charge < -0.3 is 19.1 Å². The molecular formula is C21H37N3O3. The van der Waals surface area contributed by atoms with Crippen molar-refractivity contribution in [2.75, 3.05) is 26.8 Å². The zero-order valence-corrected chi connectivity index (χ0v) is 17.7. The van der Waals surface area contributed by atoms with Crippen LogP contribution in [0.25, 0.3) is 0 Å². The highest BCUT2D eigenvalue weighted by Crippen LogP contribution is 2.11. The van der Waals surface area contributed by atoms with Gasteiger partial charge in [-0.25, -0.2) is 0 Å². The number of ether oxygens (including phenoxy) is 1. The minimum atomic E-state index is -0.0381. The third-order valence-corrected chi connectivity index (χ3v) is 4.82. The van der Waals surface area contributed by atoms with Crippen LogP contribution in [0.4, 0.5) is 0 Å². The van der Waals surface area contributed by atoms with Crippen molar-refractivity contribution in [3.05, 3.63) is 24.0 Å². The second kappa shape index (κ2) is 12.5. The fourth-order valence-electron chi connectivity index (χ4n) is 3.00. The summed E-state index contributed by atoms with van der Waals surface area (Å²) < 4.78 is 7.17. The summed E-state index contributed by atoms with van der Waals surface area (Å²) in [4.78, 5) is 29.1. The van der Waals surface area contributed by atoms with Gasteiger partial charge in [0, 0.05) is 45.1 Å². The van der Waals surface area contributed by atoms with Crippen molar-refractivity contribution < 1.29 is 14.3 Å². The monoisotopic (exact) mass is 379 g/mol. The third-order valence-electron chi connectivity index (χ3n) is 4.82. The molecule has 6 heteroatoms. The molecule has 0 saturated heterocycles. The van der Waals surface area contributed by atoms with Gasteiger partial charge in [-0.05, 0) is 32.4 Å². The van der Waals surface area contributed by atoms with Gasteiger partial charge in [0.1, 0.15) is 0 Å².